The van der Waals surface area contributed by atoms with Gasteiger partial charge in [-0.2, -0.15) is 5.26 Å². The summed E-state index contributed by atoms with van der Waals surface area (Å²) in [5.41, 5.74) is 4.99. The number of halogens is 2. The van der Waals surface area contributed by atoms with Gasteiger partial charge in [0.05, 0.1) is 11.5 Å². The SMILES string of the molecule is CC#N.CNCCC1CC(c2ccc(Cl)cc2)C(c2ccc(C)cc2Cl)=CC1(C=O)Cc1ccccc1. The quantitative estimate of drug-likeness (QED) is 0.298. The molecule has 0 bridgehead atoms. The maximum atomic E-state index is 12.9. The third kappa shape index (κ3) is 7.11. The number of aryl methyl sites for hydroxylation is 1. The van der Waals surface area contributed by atoms with Crippen molar-refractivity contribution in [2.75, 3.05) is 13.6 Å². The number of nitrogens with one attached hydrogen (secondary N) is 1. The molecule has 1 aliphatic carbocycles. The van der Waals surface area contributed by atoms with E-state index in [9.17, 15) is 4.79 Å². The van der Waals surface area contributed by atoms with Crippen LogP contribution in [0.4, 0.5) is 0 Å². The van der Waals surface area contributed by atoms with Gasteiger partial charge in [0.25, 0.3) is 0 Å². The Bertz CT molecular complexity index is 1250. The number of nitriles is 1. The summed E-state index contributed by atoms with van der Waals surface area (Å²) < 4.78 is 0. The van der Waals surface area contributed by atoms with Crippen LogP contribution in [0.1, 0.15) is 47.9 Å². The van der Waals surface area contributed by atoms with Gasteiger partial charge in [0.2, 0.25) is 0 Å². The summed E-state index contributed by atoms with van der Waals surface area (Å²) in [6, 6.07) is 26.3. The Labute approximate surface area is 231 Å². The fraction of sp³-hybridized carbons (Fsp3) is 0.312. The van der Waals surface area contributed by atoms with Crippen LogP contribution < -0.4 is 5.32 Å². The van der Waals surface area contributed by atoms with E-state index in [0.29, 0.717) is 6.42 Å². The lowest BCUT2D eigenvalue weighted by atomic mass is 9.60. The molecule has 1 N–H and O–H groups in total. The zero-order valence-corrected chi connectivity index (χ0v) is 23.2. The maximum absolute atomic E-state index is 12.9. The molecule has 3 aromatic carbocycles. The van der Waals surface area contributed by atoms with Crippen LogP contribution in [0.25, 0.3) is 5.57 Å². The molecule has 5 heteroatoms. The van der Waals surface area contributed by atoms with Crippen LogP contribution in [0.3, 0.4) is 0 Å². The van der Waals surface area contributed by atoms with Crippen LogP contribution in [0.2, 0.25) is 10.0 Å². The zero-order valence-electron chi connectivity index (χ0n) is 21.7. The van der Waals surface area contributed by atoms with Gasteiger partial charge in [0.1, 0.15) is 6.29 Å². The molecule has 3 nitrogen and oxygen atoms in total. The maximum Gasteiger partial charge on any atom is 0.130 e. The number of allylic oxidation sites excluding steroid dienone is 2. The van der Waals surface area contributed by atoms with Gasteiger partial charge in [-0.15, -0.1) is 0 Å². The van der Waals surface area contributed by atoms with Gasteiger partial charge in [0, 0.05) is 22.9 Å². The molecule has 0 heterocycles. The van der Waals surface area contributed by atoms with Crippen molar-refractivity contribution in [1.29, 1.82) is 5.26 Å². The molecule has 1 aliphatic rings. The van der Waals surface area contributed by atoms with Crippen LogP contribution in [-0.2, 0) is 11.2 Å². The minimum atomic E-state index is -0.606. The molecule has 0 aromatic heterocycles. The Morgan fingerprint density at radius 1 is 1.08 bits per heavy atom. The minimum absolute atomic E-state index is 0.128. The molecule has 3 aromatic rings. The van der Waals surface area contributed by atoms with Crippen molar-refractivity contribution in [3.8, 4) is 6.07 Å². The van der Waals surface area contributed by atoms with Crippen LogP contribution in [0.5, 0.6) is 0 Å². The van der Waals surface area contributed by atoms with Crippen molar-refractivity contribution in [2.24, 2.45) is 11.3 Å². The van der Waals surface area contributed by atoms with Crippen LogP contribution >= 0.6 is 23.2 Å². The molecule has 0 saturated heterocycles. The van der Waals surface area contributed by atoms with Crippen LogP contribution in [0.15, 0.2) is 78.9 Å². The molecule has 37 heavy (non-hydrogen) atoms. The predicted octanol–water partition coefficient (Wildman–Crippen LogP) is 8.06. The second kappa shape index (κ2) is 13.6. The molecule has 3 atom stereocenters. The number of benzene rings is 3. The molecule has 0 radical (unpaired) electrons. The van der Waals surface area contributed by atoms with E-state index >= 15 is 0 Å². The Morgan fingerprint density at radius 2 is 1.76 bits per heavy atom. The first-order valence-electron chi connectivity index (χ1n) is 12.6. The Balaban J connectivity index is 0.00000121. The molecular formula is C32H34Cl2N2O. The van der Waals surface area contributed by atoms with Crippen molar-refractivity contribution in [2.45, 2.75) is 39.0 Å². The largest absolute Gasteiger partial charge is 0.320 e. The second-order valence-corrected chi connectivity index (χ2v) is 10.5. The van der Waals surface area contributed by atoms with Gasteiger partial charge < -0.3 is 10.1 Å². The molecule has 0 fully saturated rings. The summed E-state index contributed by atoms with van der Waals surface area (Å²) in [7, 11) is 1.96. The highest BCUT2D eigenvalue weighted by molar-refractivity contribution is 6.32. The first-order valence-corrected chi connectivity index (χ1v) is 13.3. The van der Waals surface area contributed by atoms with Gasteiger partial charge in [0.15, 0.2) is 0 Å². The highest BCUT2D eigenvalue weighted by Crippen LogP contribution is 2.52. The lowest BCUT2D eigenvalue weighted by Gasteiger charge is -2.43. The van der Waals surface area contributed by atoms with Crippen molar-refractivity contribution >= 4 is 35.1 Å². The predicted molar refractivity (Wildman–Crippen MR) is 155 cm³/mol. The zero-order chi connectivity index (χ0) is 26.8. The van der Waals surface area contributed by atoms with E-state index in [4.69, 9.17) is 28.5 Å². The van der Waals surface area contributed by atoms with E-state index < -0.39 is 5.41 Å². The number of aldehydes is 1. The Kier molecular flexibility index (Phi) is 10.5. The van der Waals surface area contributed by atoms with Gasteiger partial charge >= 0.3 is 0 Å². The van der Waals surface area contributed by atoms with Gasteiger partial charge in [-0.1, -0.05) is 83.9 Å². The normalized spacial score (nSPS) is 20.7. The number of hydrogen-bond donors (Lipinski definition) is 1. The molecule has 4 rings (SSSR count). The monoisotopic (exact) mass is 532 g/mol. The molecule has 0 amide bonds. The summed E-state index contributed by atoms with van der Waals surface area (Å²) in [6.07, 6.45) is 5.86. The number of hydrogen-bond acceptors (Lipinski definition) is 3. The first-order chi connectivity index (χ1) is 17.9. The first kappa shape index (κ1) is 28.7. The number of carbonyl (C=O) groups is 1. The lowest BCUT2D eigenvalue weighted by Crippen LogP contribution is -2.39. The van der Waals surface area contributed by atoms with Crippen molar-refractivity contribution in [3.63, 3.8) is 0 Å². The van der Waals surface area contributed by atoms with Crippen LogP contribution in [0, 0.1) is 29.6 Å². The summed E-state index contributed by atoms with van der Waals surface area (Å²) in [6.45, 7) is 4.33. The average Bonchev–Trinajstić information content (AvgIpc) is 2.89. The standard InChI is InChI=1S/C30H31Cl2NO.C2H3N/c1-21-8-13-26(29(32)16-21)28-19-30(20-34,18-22-6-4-3-5-7-22)24(14-15-33-2)17-27(28)23-9-11-25(31)12-10-23;1-2-3/h3-13,16,19-20,24,27,33H,14-15,17-18H2,1-2H3;1H3. The van der Waals surface area contributed by atoms with E-state index in [1.165, 1.54) is 24.3 Å². The van der Waals surface area contributed by atoms with Crippen molar-refractivity contribution < 1.29 is 4.79 Å². The number of nitrogens with zero attached hydrogens (tertiary/aromatic N) is 1. The molecule has 0 aliphatic heterocycles. The second-order valence-electron chi connectivity index (χ2n) is 9.63. The van der Waals surface area contributed by atoms with Crippen molar-refractivity contribution in [1.82, 2.24) is 5.32 Å². The molecule has 0 saturated carbocycles. The van der Waals surface area contributed by atoms with E-state index in [1.54, 1.807) is 6.07 Å². The Hall–Kier alpha value is -2.90. The summed E-state index contributed by atoms with van der Waals surface area (Å²) >= 11 is 13.0. The van der Waals surface area contributed by atoms with Crippen LogP contribution in [-0.4, -0.2) is 19.9 Å². The molecule has 3 unspecified atom stereocenters. The third-order valence-corrected chi connectivity index (χ3v) is 7.67. The third-order valence-electron chi connectivity index (χ3n) is 7.10. The summed E-state index contributed by atoms with van der Waals surface area (Å²) in [5, 5.41) is 12.0. The highest BCUT2D eigenvalue weighted by Gasteiger charge is 2.43. The van der Waals surface area contributed by atoms with Gasteiger partial charge in [-0.25, -0.2) is 0 Å². The number of rotatable bonds is 8. The fourth-order valence-corrected chi connectivity index (χ4v) is 5.76. The smallest absolute Gasteiger partial charge is 0.130 e. The highest BCUT2D eigenvalue weighted by atomic mass is 35.5. The topological polar surface area (TPSA) is 52.9 Å². The van der Waals surface area contributed by atoms with E-state index in [0.717, 1.165) is 46.1 Å². The summed E-state index contributed by atoms with van der Waals surface area (Å²) in [5.74, 6) is 0.314. The Morgan fingerprint density at radius 3 is 2.35 bits per heavy atom. The van der Waals surface area contributed by atoms with E-state index in [-0.39, 0.29) is 11.8 Å². The minimum Gasteiger partial charge on any atom is -0.320 e. The number of carbonyl (C=O) groups excluding carboxylic acids is 1. The fourth-order valence-electron chi connectivity index (χ4n) is 5.29. The average molecular weight is 534 g/mol. The van der Waals surface area contributed by atoms with Gasteiger partial charge in [-0.3, -0.25) is 0 Å². The molecule has 192 valence electrons. The van der Waals surface area contributed by atoms with Gasteiger partial charge in [-0.05, 0) is 91.7 Å². The lowest BCUT2D eigenvalue weighted by molar-refractivity contribution is -0.116. The molecule has 0 spiro atoms. The summed E-state index contributed by atoms with van der Waals surface area (Å²) in [4.78, 5) is 12.9. The van der Waals surface area contributed by atoms with E-state index in [1.807, 2.05) is 50.4 Å². The van der Waals surface area contributed by atoms with E-state index in [2.05, 4.69) is 47.8 Å². The molecular weight excluding hydrogens is 499 g/mol. The van der Waals surface area contributed by atoms with Crippen molar-refractivity contribution in [3.05, 3.63) is 111 Å².